The molecule has 29 heavy (non-hydrogen) atoms. The van der Waals surface area contributed by atoms with Crippen molar-refractivity contribution in [1.82, 2.24) is 15.5 Å². The molecule has 0 aromatic carbocycles. The molecule has 0 aromatic rings. The first-order valence-corrected chi connectivity index (χ1v) is 11.0. The van der Waals surface area contributed by atoms with Crippen molar-refractivity contribution in [2.75, 3.05) is 13.2 Å². The van der Waals surface area contributed by atoms with E-state index in [1.165, 1.54) is 4.90 Å². The SMILES string of the molecule is CCCNC(=O)[C@@H]1[C@@H]2CCC3(O2)C(C(=O)NC(C)CCC)N([C@H](C)CO)C(=O)[C@H]13. The molecule has 3 aliphatic rings. The maximum atomic E-state index is 13.5. The van der Waals surface area contributed by atoms with Crippen LogP contribution in [0.2, 0.25) is 0 Å². The lowest BCUT2D eigenvalue weighted by Crippen LogP contribution is -2.58. The van der Waals surface area contributed by atoms with Crippen LogP contribution >= 0.6 is 0 Å². The summed E-state index contributed by atoms with van der Waals surface area (Å²) in [6.45, 7) is 8.00. The molecule has 0 aromatic heterocycles. The number of amides is 3. The number of nitrogens with zero attached hydrogens (tertiary/aromatic N) is 1. The monoisotopic (exact) mass is 409 g/mol. The Hall–Kier alpha value is -1.67. The molecule has 7 atom stereocenters. The molecule has 0 aliphatic carbocycles. The Morgan fingerprint density at radius 1 is 1.28 bits per heavy atom. The molecule has 3 rings (SSSR count). The fourth-order valence-corrected chi connectivity index (χ4v) is 5.45. The molecule has 3 amide bonds. The fourth-order valence-electron chi connectivity index (χ4n) is 5.45. The molecule has 164 valence electrons. The van der Waals surface area contributed by atoms with Crippen LogP contribution in [0, 0.1) is 11.8 Å². The normalized spacial score (nSPS) is 34.8. The van der Waals surface area contributed by atoms with Crippen molar-refractivity contribution in [2.24, 2.45) is 11.8 Å². The van der Waals surface area contributed by atoms with E-state index in [2.05, 4.69) is 17.6 Å². The van der Waals surface area contributed by atoms with Crippen LogP contribution in [0.15, 0.2) is 0 Å². The first-order valence-electron chi connectivity index (χ1n) is 11.0. The molecule has 0 radical (unpaired) electrons. The Labute approximate surface area is 172 Å². The van der Waals surface area contributed by atoms with Gasteiger partial charge in [-0.2, -0.15) is 0 Å². The number of fused-ring (bicyclic) bond motifs is 1. The summed E-state index contributed by atoms with van der Waals surface area (Å²) in [7, 11) is 0. The van der Waals surface area contributed by atoms with Crippen molar-refractivity contribution in [3.63, 3.8) is 0 Å². The van der Waals surface area contributed by atoms with Crippen LogP contribution in [0.3, 0.4) is 0 Å². The van der Waals surface area contributed by atoms with Crippen LogP contribution in [-0.4, -0.2) is 70.7 Å². The van der Waals surface area contributed by atoms with Gasteiger partial charge in [-0.1, -0.05) is 20.3 Å². The second kappa shape index (κ2) is 8.60. The first-order chi connectivity index (χ1) is 13.8. The fraction of sp³-hybridized carbons (Fsp3) is 0.857. The van der Waals surface area contributed by atoms with E-state index in [1.807, 2.05) is 13.8 Å². The summed E-state index contributed by atoms with van der Waals surface area (Å²) < 4.78 is 6.30. The second-order valence-corrected chi connectivity index (χ2v) is 8.82. The van der Waals surface area contributed by atoms with Crippen molar-refractivity contribution in [2.45, 2.75) is 89.6 Å². The van der Waals surface area contributed by atoms with Gasteiger partial charge in [0.05, 0.1) is 30.6 Å². The number of hydrogen-bond donors (Lipinski definition) is 3. The maximum absolute atomic E-state index is 13.5. The Kier molecular flexibility index (Phi) is 6.53. The Balaban J connectivity index is 1.94. The molecular formula is C21H35N3O5. The highest BCUT2D eigenvalue weighted by molar-refractivity contribution is 5.99. The minimum atomic E-state index is -0.991. The smallest absolute Gasteiger partial charge is 0.246 e. The largest absolute Gasteiger partial charge is 0.394 e. The van der Waals surface area contributed by atoms with Crippen molar-refractivity contribution in [1.29, 1.82) is 0 Å². The summed E-state index contributed by atoms with van der Waals surface area (Å²) in [5, 5.41) is 15.7. The number of aliphatic hydroxyl groups excluding tert-OH is 1. The summed E-state index contributed by atoms with van der Waals surface area (Å²) in [6, 6.07) is -1.37. The molecule has 0 saturated carbocycles. The standard InChI is InChI=1S/C21H35N3O5/c1-5-7-12(3)23-19(27)17-21-9-8-14(29-21)15(18(26)22-10-6-2)16(21)20(28)24(17)13(4)11-25/h12-17,25H,5-11H2,1-4H3,(H,22,26)(H,23,27)/t12?,13-,14+,15-,16+,17?,21?/m1/s1. The van der Waals surface area contributed by atoms with Gasteiger partial charge in [-0.15, -0.1) is 0 Å². The van der Waals surface area contributed by atoms with Gasteiger partial charge in [0, 0.05) is 12.6 Å². The van der Waals surface area contributed by atoms with Gasteiger partial charge in [0.15, 0.2) is 0 Å². The van der Waals surface area contributed by atoms with Crippen molar-refractivity contribution < 1.29 is 24.2 Å². The summed E-state index contributed by atoms with van der Waals surface area (Å²) in [6.07, 6.45) is 3.47. The Morgan fingerprint density at radius 2 is 2.00 bits per heavy atom. The molecule has 3 heterocycles. The molecule has 3 fully saturated rings. The van der Waals surface area contributed by atoms with Crippen LogP contribution in [0.1, 0.15) is 59.8 Å². The zero-order valence-corrected chi connectivity index (χ0v) is 17.9. The zero-order chi connectivity index (χ0) is 21.3. The Morgan fingerprint density at radius 3 is 2.62 bits per heavy atom. The molecule has 3 saturated heterocycles. The third kappa shape index (κ3) is 3.54. The van der Waals surface area contributed by atoms with E-state index >= 15 is 0 Å². The number of hydrogen-bond acceptors (Lipinski definition) is 5. The van der Waals surface area contributed by atoms with Gasteiger partial charge in [-0.3, -0.25) is 14.4 Å². The lowest BCUT2D eigenvalue weighted by molar-refractivity contribution is -0.145. The van der Waals surface area contributed by atoms with Crippen LogP contribution in [-0.2, 0) is 19.1 Å². The minimum Gasteiger partial charge on any atom is -0.394 e. The van der Waals surface area contributed by atoms with Gasteiger partial charge in [0.2, 0.25) is 17.7 Å². The number of aliphatic hydroxyl groups is 1. The number of ether oxygens (including phenoxy) is 1. The molecule has 8 nitrogen and oxygen atoms in total. The van der Waals surface area contributed by atoms with Crippen LogP contribution in [0.4, 0.5) is 0 Å². The van der Waals surface area contributed by atoms with Crippen LogP contribution in [0.25, 0.3) is 0 Å². The van der Waals surface area contributed by atoms with Gasteiger partial charge in [0.1, 0.15) is 11.6 Å². The molecule has 3 N–H and O–H groups in total. The average Bonchev–Trinajstić information content (AvgIpc) is 3.32. The van der Waals surface area contributed by atoms with E-state index in [4.69, 9.17) is 4.74 Å². The van der Waals surface area contributed by atoms with Crippen LogP contribution in [0.5, 0.6) is 0 Å². The van der Waals surface area contributed by atoms with E-state index in [1.54, 1.807) is 6.92 Å². The molecule has 3 aliphatic heterocycles. The number of rotatable bonds is 9. The third-order valence-corrected chi connectivity index (χ3v) is 6.69. The lowest BCUT2D eigenvalue weighted by Gasteiger charge is -2.36. The predicted octanol–water partition coefficient (Wildman–Crippen LogP) is 0.573. The number of likely N-dealkylation sites (tertiary alicyclic amines) is 1. The van der Waals surface area contributed by atoms with E-state index in [0.29, 0.717) is 19.4 Å². The summed E-state index contributed by atoms with van der Waals surface area (Å²) in [5.41, 5.74) is -0.991. The predicted molar refractivity (Wildman–Crippen MR) is 107 cm³/mol. The van der Waals surface area contributed by atoms with Crippen molar-refractivity contribution in [3.8, 4) is 0 Å². The molecule has 8 heteroatoms. The quantitative estimate of drug-likeness (QED) is 0.516. The maximum Gasteiger partial charge on any atom is 0.246 e. The summed E-state index contributed by atoms with van der Waals surface area (Å²) in [5.74, 6) is -1.94. The zero-order valence-electron chi connectivity index (χ0n) is 17.9. The highest BCUT2D eigenvalue weighted by atomic mass is 16.5. The van der Waals surface area contributed by atoms with Gasteiger partial charge >= 0.3 is 0 Å². The lowest BCUT2D eigenvalue weighted by atomic mass is 9.70. The van der Waals surface area contributed by atoms with E-state index in [0.717, 1.165) is 19.3 Å². The highest BCUT2D eigenvalue weighted by Crippen LogP contribution is 2.58. The van der Waals surface area contributed by atoms with Gasteiger partial charge in [-0.25, -0.2) is 0 Å². The average molecular weight is 410 g/mol. The first kappa shape index (κ1) is 22.0. The summed E-state index contributed by atoms with van der Waals surface area (Å²) >= 11 is 0. The highest BCUT2D eigenvalue weighted by Gasteiger charge is 2.74. The third-order valence-electron chi connectivity index (χ3n) is 6.69. The Bertz CT molecular complexity index is 656. The number of carbonyl (C=O) groups is 3. The topological polar surface area (TPSA) is 108 Å². The van der Waals surface area contributed by atoms with Crippen molar-refractivity contribution >= 4 is 17.7 Å². The molecule has 1 spiro atoms. The number of nitrogens with one attached hydrogen (secondary N) is 2. The van der Waals surface area contributed by atoms with E-state index < -0.39 is 29.5 Å². The van der Waals surface area contributed by atoms with E-state index in [-0.39, 0.29) is 36.5 Å². The molecule has 2 bridgehead atoms. The number of carbonyl (C=O) groups excluding carboxylic acids is 3. The van der Waals surface area contributed by atoms with Gasteiger partial charge < -0.3 is 25.4 Å². The second-order valence-electron chi connectivity index (χ2n) is 8.82. The van der Waals surface area contributed by atoms with Gasteiger partial charge in [-0.05, 0) is 39.5 Å². The van der Waals surface area contributed by atoms with Gasteiger partial charge in [0.25, 0.3) is 0 Å². The summed E-state index contributed by atoms with van der Waals surface area (Å²) in [4.78, 5) is 41.1. The van der Waals surface area contributed by atoms with Crippen LogP contribution < -0.4 is 10.6 Å². The van der Waals surface area contributed by atoms with Crippen molar-refractivity contribution in [3.05, 3.63) is 0 Å². The molecular weight excluding hydrogens is 374 g/mol. The minimum absolute atomic E-state index is 0.0217. The molecule has 3 unspecified atom stereocenters. The van der Waals surface area contributed by atoms with E-state index in [9.17, 15) is 19.5 Å².